The van der Waals surface area contributed by atoms with E-state index < -0.39 is 5.97 Å². The van der Waals surface area contributed by atoms with E-state index in [0.29, 0.717) is 29.2 Å². The number of carbonyl (C=O) groups excluding carboxylic acids is 2. The molecule has 0 aliphatic heterocycles. The standard InChI is InChI=1S/C26H22N2O3S/c1-31-25(30)22-14-12-21(13-15-22)24(29)28(17-16-19-8-4-2-5-9-19)26-27-23(18-32-26)20-10-6-3-7-11-20/h2-15,18H,16-17H2,1H3. The van der Waals surface area contributed by atoms with E-state index >= 15 is 0 Å². The lowest BCUT2D eigenvalue weighted by molar-refractivity contribution is 0.0600. The van der Waals surface area contributed by atoms with E-state index in [1.54, 1.807) is 29.2 Å². The van der Waals surface area contributed by atoms with Gasteiger partial charge in [0.1, 0.15) is 0 Å². The minimum absolute atomic E-state index is 0.161. The SMILES string of the molecule is COC(=O)c1ccc(C(=O)N(CCc2ccccc2)c2nc(-c3ccccc3)cs2)cc1. The second-order valence-corrected chi connectivity index (χ2v) is 7.98. The van der Waals surface area contributed by atoms with Crippen molar-refractivity contribution < 1.29 is 14.3 Å². The predicted molar refractivity (Wildman–Crippen MR) is 127 cm³/mol. The fraction of sp³-hybridized carbons (Fsp3) is 0.115. The van der Waals surface area contributed by atoms with Gasteiger partial charge in [0, 0.05) is 23.1 Å². The van der Waals surface area contributed by atoms with Crippen molar-refractivity contribution in [3.63, 3.8) is 0 Å². The van der Waals surface area contributed by atoms with Crippen LogP contribution in [0.4, 0.5) is 5.13 Å². The van der Waals surface area contributed by atoms with Crippen LogP contribution >= 0.6 is 11.3 Å². The number of esters is 1. The van der Waals surface area contributed by atoms with Gasteiger partial charge in [-0.05, 0) is 36.2 Å². The third kappa shape index (κ3) is 4.92. The zero-order valence-electron chi connectivity index (χ0n) is 17.6. The number of methoxy groups -OCH3 is 1. The number of benzene rings is 3. The topological polar surface area (TPSA) is 59.5 Å². The van der Waals surface area contributed by atoms with Gasteiger partial charge in [-0.15, -0.1) is 11.3 Å². The molecule has 3 aromatic carbocycles. The maximum absolute atomic E-state index is 13.4. The molecule has 4 rings (SSSR count). The van der Waals surface area contributed by atoms with Crippen molar-refractivity contribution in [2.75, 3.05) is 18.6 Å². The largest absolute Gasteiger partial charge is 0.465 e. The summed E-state index contributed by atoms with van der Waals surface area (Å²) >= 11 is 1.44. The fourth-order valence-electron chi connectivity index (χ4n) is 3.32. The third-order valence-electron chi connectivity index (χ3n) is 5.06. The minimum atomic E-state index is -0.433. The number of thiazole rings is 1. The number of carbonyl (C=O) groups is 2. The first kappa shape index (κ1) is 21.5. The van der Waals surface area contributed by atoms with Gasteiger partial charge >= 0.3 is 5.97 Å². The zero-order chi connectivity index (χ0) is 22.3. The monoisotopic (exact) mass is 442 g/mol. The Bertz CT molecular complexity index is 1190. The van der Waals surface area contributed by atoms with E-state index in [0.717, 1.165) is 16.8 Å². The Morgan fingerprint density at radius 3 is 2.16 bits per heavy atom. The molecule has 5 nitrogen and oxygen atoms in total. The van der Waals surface area contributed by atoms with Crippen LogP contribution < -0.4 is 4.90 Å². The average molecular weight is 443 g/mol. The summed E-state index contributed by atoms with van der Waals surface area (Å²) in [6.07, 6.45) is 0.701. The smallest absolute Gasteiger partial charge is 0.337 e. The number of ether oxygens (including phenoxy) is 1. The van der Waals surface area contributed by atoms with Crippen molar-refractivity contribution in [1.29, 1.82) is 0 Å². The Morgan fingerprint density at radius 2 is 1.50 bits per heavy atom. The molecule has 0 radical (unpaired) electrons. The average Bonchev–Trinajstić information content (AvgIpc) is 3.35. The third-order valence-corrected chi connectivity index (χ3v) is 5.92. The molecule has 160 valence electrons. The van der Waals surface area contributed by atoms with Gasteiger partial charge in [0.05, 0.1) is 18.4 Å². The van der Waals surface area contributed by atoms with Crippen molar-refractivity contribution in [2.24, 2.45) is 0 Å². The molecular weight excluding hydrogens is 420 g/mol. The molecule has 0 bridgehead atoms. The molecule has 4 aromatic rings. The first-order valence-corrected chi connectivity index (χ1v) is 11.1. The maximum atomic E-state index is 13.4. The second-order valence-electron chi connectivity index (χ2n) is 7.14. The Kier molecular flexibility index (Phi) is 6.72. The summed E-state index contributed by atoms with van der Waals surface area (Å²) in [7, 11) is 1.33. The summed E-state index contributed by atoms with van der Waals surface area (Å²) in [6.45, 7) is 0.489. The van der Waals surface area contributed by atoms with Crippen LogP contribution in [0.25, 0.3) is 11.3 Å². The second kappa shape index (κ2) is 10.0. The van der Waals surface area contributed by atoms with Crippen LogP contribution in [-0.4, -0.2) is 30.5 Å². The normalized spacial score (nSPS) is 10.5. The lowest BCUT2D eigenvalue weighted by Gasteiger charge is -2.20. The van der Waals surface area contributed by atoms with Gasteiger partial charge in [0.15, 0.2) is 5.13 Å². The van der Waals surface area contributed by atoms with Crippen molar-refractivity contribution in [2.45, 2.75) is 6.42 Å². The van der Waals surface area contributed by atoms with Crippen molar-refractivity contribution in [3.8, 4) is 11.3 Å². The summed E-state index contributed by atoms with van der Waals surface area (Å²) in [6, 6.07) is 26.5. The van der Waals surface area contributed by atoms with E-state index in [-0.39, 0.29) is 5.91 Å². The van der Waals surface area contributed by atoms with Crippen LogP contribution in [0.15, 0.2) is 90.3 Å². The summed E-state index contributed by atoms with van der Waals surface area (Å²) in [5, 5.41) is 2.61. The van der Waals surface area contributed by atoms with Gasteiger partial charge in [0.25, 0.3) is 5.91 Å². The number of aromatic nitrogens is 1. The lowest BCUT2D eigenvalue weighted by atomic mass is 10.1. The van der Waals surface area contributed by atoms with Crippen LogP contribution in [0, 0.1) is 0 Å². The first-order valence-electron chi connectivity index (χ1n) is 10.2. The highest BCUT2D eigenvalue weighted by Crippen LogP contribution is 2.28. The van der Waals surface area contributed by atoms with Crippen molar-refractivity contribution in [1.82, 2.24) is 4.98 Å². The molecule has 0 saturated carbocycles. The van der Waals surface area contributed by atoms with E-state index in [1.165, 1.54) is 18.4 Å². The summed E-state index contributed by atoms with van der Waals surface area (Å²) in [5.74, 6) is -0.594. The zero-order valence-corrected chi connectivity index (χ0v) is 18.4. The molecular formula is C26H22N2O3S. The first-order chi connectivity index (χ1) is 15.7. The number of rotatable bonds is 7. The van der Waals surface area contributed by atoms with Crippen LogP contribution in [0.3, 0.4) is 0 Å². The fourth-order valence-corrected chi connectivity index (χ4v) is 4.18. The predicted octanol–water partition coefficient (Wildman–Crippen LogP) is 5.49. The van der Waals surface area contributed by atoms with E-state index in [9.17, 15) is 9.59 Å². The molecule has 0 aliphatic carbocycles. The van der Waals surface area contributed by atoms with Crippen molar-refractivity contribution >= 4 is 28.3 Å². The maximum Gasteiger partial charge on any atom is 0.337 e. The van der Waals surface area contributed by atoms with E-state index in [4.69, 9.17) is 9.72 Å². The molecule has 0 spiro atoms. The number of hydrogen-bond donors (Lipinski definition) is 0. The Hall–Kier alpha value is -3.77. The van der Waals surface area contributed by atoms with Crippen LogP contribution in [0.1, 0.15) is 26.3 Å². The van der Waals surface area contributed by atoms with Gasteiger partial charge in [-0.25, -0.2) is 9.78 Å². The van der Waals surface area contributed by atoms with Gasteiger partial charge in [-0.1, -0.05) is 60.7 Å². The molecule has 0 fully saturated rings. The van der Waals surface area contributed by atoms with E-state index in [2.05, 4.69) is 0 Å². The number of nitrogens with zero attached hydrogens (tertiary/aromatic N) is 2. The highest BCUT2D eigenvalue weighted by molar-refractivity contribution is 7.14. The molecule has 0 aliphatic rings. The van der Waals surface area contributed by atoms with Gasteiger partial charge < -0.3 is 4.74 Å². The minimum Gasteiger partial charge on any atom is -0.465 e. The van der Waals surface area contributed by atoms with Crippen LogP contribution in [0.5, 0.6) is 0 Å². The number of hydrogen-bond acceptors (Lipinski definition) is 5. The number of anilines is 1. The Balaban J connectivity index is 1.62. The molecule has 1 amide bonds. The van der Waals surface area contributed by atoms with Crippen LogP contribution in [0.2, 0.25) is 0 Å². The molecule has 0 N–H and O–H groups in total. The molecule has 1 heterocycles. The Labute approximate surface area is 190 Å². The summed E-state index contributed by atoms with van der Waals surface area (Å²) in [4.78, 5) is 31.6. The summed E-state index contributed by atoms with van der Waals surface area (Å²) in [5.41, 5.74) is 3.88. The van der Waals surface area contributed by atoms with E-state index in [1.807, 2.05) is 66.0 Å². The van der Waals surface area contributed by atoms with Gasteiger partial charge in [-0.2, -0.15) is 0 Å². The molecule has 32 heavy (non-hydrogen) atoms. The van der Waals surface area contributed by atoms with Gasteiger partial charge in [0.2, 0.25) is 0 Å². The van der Waals surface area contributed by atoms with Crippen molar-refractivity contribution in [3.05, 3.63) is 107 Å². The molecule has 0 atom stereocenters. The Morgan fingerprint density at radius 1 is 0.875 bits per heavy atom. The highest BCUT2D eigenvalue weighted by atomic mass is 32.1. The molecule has 0 unspecified atom stereocenters. The van der Waals surface area contributed by atoms with Gasteiger partial charge in [-0.3, -0.25) is 9.69 Å². The lowest BCUT2D eigenvalue weighted by Crippen LogP contribution is -2.33. The summed E-state index contributed by atoms with van der Waals surface area (Å²) < 4.78 is 4.74. The molecule has 1 aromatic heterocycles. The molecule has 0 saturated heterocycles. The highest BCUT2D eigenvalue weighted by Gasteiger charge is 2.21. The number of amides is 1. The molecule has 6 heteroatoms. The quantitative estimate of drug-likeness (QED) is 0.355. The van der Waals surface area contributed by atoms with Crippen LogP contribution in [-0.2, 0) is 11.2 Å².